The van der Waals surface area contributed by atoms with Gasteiger partial charge in [0, 0.05) is 11.8 Å². The average molecular weight is 213 g/mol. The summed E-state index contributed by atoms with van der Waals surface area (Å²) in [6.45, 7) is 3.81. The van der Waals surface area contributed by atoms with Crippen molar-refractivity contribution < 1.29 is 4.74 Å². The molecule has 81 valence electrons. The smallest absolute Gasteiger partial charge is 0.219 e. The van der Waals surface area contributed by atoms with Crippen molar-refractivity contribution in [3.63, 3.8) is 0 Å². The van der Waals surface area contributed by atoms with Crippen LogP contribution in [0.4, 0.5) is 5.69 Å². The van der Waals surface area contributed by atoms with Crippen LogP contribution in [-0.4, -0.2) is 4.98 Å². The van der Waals surface area contributed by atoms with Gasteiger partial charge in [-0.1, -0.05) is 6.07 Å². The molecule has 3 nitrogen and oxygen atoms in total. The van der Waals surface area contributed by atoms with Crippen molar-refractivity contribution in [2.24, 2.45) is 0 Å². The summed E-state index contributed by atoms with van der Waals surface area (Å²) in [7, 11) is 0. The molecule has 1 aromatic heterocycles. The van der Waals surface area contributed by atoms with E-state index in [0.717, 1.165) is 11.3 Å². The summed E-state index contributed by atoms with van der Waals surface area (Å²) in [6.07, 6.45) is 0. The summed E-state index contributed by atoms with van der Waals surface area (Å²) in [5.74, 6) is 1.30. The van der Waals surface area contributed by atoms with Crippen LogP contribution in [0.25, 0.3) is 0 Å². The summed E-state index contributed by atoms with van der Waals surface area (Å²) < 4.78 is 5.60. The van der Waals surface area contributed by atoms with E-state index in [1.807, 2.05) is 38.1 Å². The van der Waals surface area contributed by atoms with Crippen molar-refractivity contribution >= 4 is 5.69 Å². The average Bonchev–Trinajstić information content (AvgIpc) is 2.24. The third kappa shape index (κ3) is 2.31. The predicted octanol–water partition coefficient (Wildman–Crippen LogP) is 3.41. The minimum Gasteiger partial charge on any atom is -0.439 e. The Morgan fingerprint density at radius 3 is 2.62 bits per heavy atom. The van der Waals surface area contributed by atoms with E-state index in [4.69, 9.17) is 10.5 Å². The molecule has 2 aromatic rings. The van der Waals surface area contributed by atoms with Gasteiger partial charge in [0.2, 0.25) is 5.88 Å². The van der Waals surface area contributed by atoms with E-state index in [2.05, 4.69) is 4.98 Å². The zero-order valence-electron chi connectivity index (χ0n) is 9.32. The molecule has 2 rings (SSSR count). The van der Waals surface area contributed by atoms with Crippen molar-refractivity contribution in [3.05, 3.63) is 47.7 Å². The third-order valence-corrected chi connectivity index (χ3v) is 2.28. The number of rotatable bonds is 2. The van der Waals surface area contributed by atoms with Crippen molar-refractivity contribution in [1.82, 2.24) is 10.7 Å². The number of ether oxygens (including phenoxy) is 1. The van der Waals surface area contributed by atoms with Gasteiger partial charge in [-0.15, -0.1) is 0 Å². The Morgan fingerprint density at radius 1 is 1.12 bits per heavy atom. The van der Waals surface area contributed by atoms with E-state index in [1.54, 1.807) is 12.1 Å². The van der Waals surface area contributed by atoms with Crippen LogP contribution in [0.1, 0.15) is 11.3 Å². The van der Waals surface area contributed by atoms with Gasteiger partial charge in [-0.2, -0.15) is 0 Å². The van der Waals surface area contributed by atoms with Crippen LogP contribution < -0.4 is 10.5 Å². The zero-order valence-corrected chi connectivity index (χ0v) is 9.32. The molecular weight excluding hydrogens is 200 g/mol. The fourth-order valence-electron chi connectivity index (χ4n) is 1.40. The first-order valence-electron chi connectivity index (χ1n) is 5.09. The monoisotopic (exact) mass is 213 g/mol. The lowest BCUT2D eigenvalue weighted by atomic mass is 10.2. The van der Waals surface area contributed by atoms with Crippen LogP contribution in [-0.2, 0) is 0 Å². The van der Waals surface area contributed by atoms with E-state index in [0.29, 0.717) is 17.3 Å². The molecule has 0 saturated heterocycles. The Hall–Kier alpha value is -2.03. The lowest BCUT2D eigenvalue weighted by molar-refractivity contribution is 0.461. The first kappa shape index (κ1) is 10.5. The maximum absolute atomic E-state index is 7.56. The van der Waals surface area contributed by atoms with Crippen LogP contribution in [0.15, 0.2) is 36.4 Å². The van der Waals surface area contributed by atoms with Crippen LogP contribution in [0.2, 0.25) is 0 Å². The van der Waals surface area contributed by atoms with Gasteiger partial charge in [-0.25, -0.2) is 4.98 Å². The lowest BCUT2D eigenvalue weighted by Gasteiger charge is -2.06. The molecule has 0 spiro atoms. The molecule has 16 heavy (non-hydrogen) atoms. The van der Waals surface area contributed by atoms with E-state index < -0.39 is 0 Å². The molecule has 0 bridgehead atoms. The highest BCUT2D eigenvalue weighted by atomic mass is 16.5. The van der Waals surface area contributed by atoms with Gasteiger partial charge in [-0.3, -0.25) is 0 Å². The molecule has 0 aliphatic heterocycles. The SMILES string of the molecule is Cc1cccc(Oc2ccc([NH])c(C)c2)n1. The standard InChI is InChI=1S/C13H13N2O/c1-9-8-11(6-7-12(9)14)16-13-5-3-4-10(2)15-13/h3-8,14H,1-2H3. The normalized spacial score (nSPS) is 10.1. The maximum Gasteiger partial charge on any atom is 0.219 e. The molecule has 1 N–H and O–H groups in total. The second-order valence-corrected chi connectivity index (χ2v) is 3.70. The number of pyridine rings is 1. The molecule has 0 aliphatic carbocycles. The molecular formula is C13H13N2O. The minimum absolute atomic E-state index is 0.518. The topological polar surface area (TPSA) is 45.9 Å². The quantitative estimate of drug-likeness (QED) is 0.767. The predicted molar refractivity (Wildman–Crippen MR) is 63.0 cm³/mol. The number of benzene rings is 1. The summed E-state index contributed by atoms with van der Waals surface area (Å²) in [5.41, 5.74) is 9.89. The molecule has 1 heterocycles. The van der Waals surface area contributed by atoms with E-state index in [-0.39, 0.29) is 0 Å². The summed E-state index contributed by atoms with van der Waals surface area (Å²) in [5, 5.41) is 0. The highest BCUT2D eigenvalue weighted by Crippen LogP contribution is 2.23. The largest absolute Gasteiger partial charge is 0.439 e. The second kappa shape index (κ2) is 4.23. The van der Waals surface area contributed by atoms with Gasteiger partial charge < -0.3 is 10.5 Å². The molecule has 0 atom stereocenters. The van der Waals surface area contributed by atoms with E-state index in [1.165, 1.54) is 0 Å². The Labute approximate surface area is 94.9 Å². The fraction of sp³-hybridized carbons (Fsp3) is 0.154. The number of aromatic nitrogens is 1. The first-order chi connectivity index (χ1) is 7.65. The summed E-state index contributed by atoms with van der Waals surface area (Å²) in [4.78, 5) is 4.25. The number of hydrogen-bond donors (Lipinski definition) is 0. The summed E-state index contributed by atoms with van der Waals surface area (Å²) >= 11 is 0. The van der Waals surface area contributed by atoms with Crippen molar-refractivity contribution in [2.45, 2.75) is 13.8 Å². The van der Waals surface area contributed by atoms with Crippen LogP contribution in [0, 0.1) is 13.8 Å². The Balaban J connectivity index is 2.24. The van der Waals surface area contributed by atoms with Crippen molar-refractivity contribution in [3.8, 4) is 11.6 Å². The van der Waals surface area contributed by atoms with E-state index >= 15 is 0 Å². The Morgan fingerprint density at radius 2 is 1.94 bits per heavy atom. The zero-order chi connectivity index (χ0) is 11.5. The van der Waals surface area contributed by atoms with Crippen LogP contribution in [0.5, 0.6) is 11.6 Å². The van der Waals surface area contributed by atoms with Crippen LogP contribution >= 0.6 is 0 Å². The Bertz CT molecular complexity index is 509. The molecule has 0 fully saturated rings. The molecule has 0 amide bonds. The van der Waals surface area contributed by atoms with Gasteiger partial charge in [0.1, 0.15) is 5.75 Å². The number of nitrogens with zero attached hydrogens (tertiary/aromatic N) is 1. The Kier molecular flexibility index (Phi) is 2.77. The molecule has 3 heteroatoms. The molecule has 1 aromatic carbocycles. The summed E-state index contributed by atoms with van der Waals surface area (Å²) in [6, 6.07) is 11.0. The highest BCUT2D eigenvalue weighted by Gasteiger charge is 2.01. The van der Waals surface area contributed by atoms with Crippen molar-refractivity contribution in [2.75, 3.05) is 0 Å². The first-order valence-corrected chi connectivity index (χ1v) is 5.09. The van der Waals surface area contributed by atoms with Gasteiger partial charge in [0.15, 0.2) is 0 Å². The van der Waals surface area contributed by atoms with Crippen LogP contribution in [0.3, 0.4) is 0 Å². The number of hydrogen-bond acceptors (Lipinski definition) is 2. The van der Waals surface area contributed by atoms with Gasteiger partial charge >= 0.3 is 0 Å². The molecule has 0 unspecified atom stereocenters. The van der Waals surface area contributed by atoms with E-state index in [9.17, 15) is 0 Å². The molecule has 1 radical (unpaired) electrons. The lowest BCUT2D eigenvalue weighted by Crippen LogP contribution is -1.90. The van der Waals surface area contributed by atoms with Gasteiger partial charge in [0.05, 0.1) is 5.69 Å². The fourth-order valence-corrected chi connectivity index (χ4v) is 1.40. The number of nitrogens with one attached hydrogen (secondary N) is 1. The molecule has 0 saturated carbocycles. The van der Waals surface area contributed by atoms with Gasteiger partial charge in [0.25, 0.3) is 0 Å². The highest BCUT2D eigenvalue weighted by molar-refractivity contribution is 5.47. The van der Waals surface area contributed by atoms with Crippen molar-refractivity contribution in [1.29, 1.82) is 0 Å². The third-order valence-electron chi connectivity index (χ3n) is 2.28. The minimum atomic E-state index is 0.518. The maximum atomic E-state index is 7.56. The molecule has 0 aliphatic rings. The van der Waals surface area contributed by atoms with Gasteiger partial charge in [-0.05, 0) is 43.7 Å². The second-order valence-electron chi connectivity index (χ2n) is 3.70. The number of aryl methyl sites for hydroxylation is 2.